The summed E-state index contributed by atoms with van der Waals surface area (Å²) in [5.41, 5.74) is 0.166. The summed E-state index contributed by atoms with van der Waals surface area (Å²) in [5, 5.41) is 12.5. The molecule has 0 radical (unpaired) electrons. The minimum Gasteiger partial charge on any atom is -0.393 e. The molecule has 0 aromatic heterocycles. The van der Waals surface area contributed by atoms with Crippen molar-refractivity contribution >= 4 is 5.91 Å². The zero-order valence-corrected chi connectivity index (χ0v) is 11.0. The summed E-state index contributed by atoms with van der Waals surface area (Å²) >= 11 is 0. The summed E-state index contributed by atoms with van der Waals surface area (Å²) in [5.74, 6) is 0.904. The van der Waals surface area contributed by atoms with Crippen LogP contribution in [-0.2, 0) is 4.79 Å². The van der Waals surface area contributed by atoms with Gasteiger partial charge in [-0.25, -0.2) is 0 Å². The first kappa shape index (κ1) is 12.9. The minimum absolute atomic E-state index is 0.139. The Morgan fingerprint density at radius 3 is 2.65 bits per heavy atom. The molecule has 0 aromatic carbocycles. The van der Waals surface area contributed by atoms with Gasteiger partial charge in [-0.2, -0.15) is 0 Å². The third-order valence-corrected chi connectivity index (χ3v) is 4.65. The molecule has 17 heavy (non-hydrogen) atoms. The Morgan fingerprint density at radius 1 is 1.35 bits per heavy atom. The molecule has 2 fully saturated rings. The topological polar surface area (TPSA) is 49.3 Å². The zero-order chi connectivity index (χ0) is 12.5. The third kappa shape index (κ3) is 3.01. The molecule has 0 aliphatic heterocycles. The third-order valence-electron chi connectivity index (χ3n) is 4.65. The van der Waals surface area contributed by atoms with E-state index in [1.807, 2.05) is 0 Å². The highest BCUT2D eigenvalue weighted by molar-refractivity contribution is 5.79. The molecule has 2 aliphatic carbocycles. The molecular formula is C14H25NO2. The van der Waals surface area contributed by atoms with E-state index in [0.717, 1.165) is 38.6 Å². The van der Waals surface area contributed by atoms with Gasteiger partial charge >= 0.3 is 0 Å². The molecular weight excluding hydrogens is 214 g/mol. The number of carbonyl (C=O) groups excluding carboxylic acids is 1. The van der Waals surface area contributed by atoms with E-state index in [1.54, 1.807) is 0 Å². The van der Waals surface area contributed by atoms with E-state index < -0.39 is 0 Å². The predicted molar refractivity (Wildman–Crippen MR) is 67.5 cm³/mol. The van der Waals surface area contributed by atoms with E-state index in [9.17, 15) is 9.90 Å². The van der Waals surface area contributed by atoms with Crippen LogP contribution >= 0.6 is 0 Å². The minimum atomic E-state index is -0.139. The first-order chi connectivity index (χ1) is 7.99. The molecule has 3 heteroatoms. The van der Waals surface area contributed by atoms with Crippen molar-refractivity contribution in [1.82, 2.24) is 5.32 Å². The Kier molecular flexibility index (Phi) is 3.76. The van der Waals surface area contributed by atoms with Crippen LogP contribution in [0, 0.1) is 17.3 Å². The number of rotatable bonds is 3. The predicted octanol–water partition coefficient (Wildman–Crippen LogP) is 2.09. The Hall–Kier alpha value is -0.570. The largest absolute Gasteiger partial charge is 0.393 e. The summed E-state index contributed by atoms with van der Waals surface area (Å²) in [6.07, 6.45) is 6.03. The molecule has 1 amide bonds. The van der Waals surface area contributed by atoms with Crippen LogP contribution in [0.3, 0.4) is 0 Å². The first-order valence-electron chi connectivity index (χ1n) is 6.95. The smallest absolute Gasteiger partial charge is 0.223 e. The molecule has 2 aliphatic rings. The Balaban J connectivity index is 1.77. The van der Waals surface area contributed by atoms with Gasteiger partial charge in [-0.05, 0) is 43.4 Å². The van der Waals surface area contributed by atoms with Crippen molar-refractivity contribution in [2.45, 2.75) is 58.5 Å². The second kappa shape index (κ2) is 4.97. The van der Waals surface area contributed by atoms with E-state index in [-0.39, 0.29) is 23.3 Å². The summed E-state index contributed by atoms with van der Waals surface area (Å²) < 4.78 is 0. The Morgan fingerprint density at radius 2 is 2.12 bits per heavy atom. The molecule has 0 aromatic rings. The Labute approximate surface area is 104 Å². The van der Waals surface area contributed by atoms with Crippen LogP contribution in [-0.4, -0.2) is 23.7 Å². The SMILES string of the molecule is CC1(C)CCCC1C(=O)NCC1CCC(O)C1. The number of hydrogen-bond donors (Lipinski definition) is 2. The van der Waals surface area contributed by atoms with Crippen LogP contribution in [0.2, 0.25) is 0 Å². The van der Waals surface area contributed by atoms with Crippen molar-refractivity contribution < 1.29 is 9.90 Å². The van der Waals surface area contributed by atoms with E-state index in [0.29, 0.717) is 5.92 Å². The van der Waals surface area contributed by atoms with Crippen LogP contribution in [0.4, 0.5) is 0 Å². The van der Waals surface area contributed by atoms with E-state index in [4.69, 9.17) is 0 Å². The van der Waals surface area contributed by atoms with Crippen LogP contribution in [0.15, 0.2) is 0 Å². The number of amides is 1. The van der Waals surface area contributed by atoms with Gasteiger partial charge in [0.2, 0.25) is 5.91 Å². The van der Waals surface area contributed by atoms with Gasteiger partial charge in [0, 0.05) is 12.5 Å². The number of hydrogen-bond acceptors (Lipinski definition) is 2. The van der Waals surface area contributed by atoms with Gasteiger partial charge in [-0.15, -0.1) is 0 Å². The van der Waals surface area contributed by atoms with E-state index in [1.165, 1.54) is 6.42 Å². The fraction of sp³-hybridized carbons (Fsp3) is 0.929. The van der Waals surface area contributed by atoms with Gasteiger partial charge < -0.3 is 10.4 Å². The lowest BCUT2D eigenvalue weighted by Gasteiger charge is -2.26. The highest BCUT2D eigenvalue weighted by Gasteiger charge is 2.39. The van der Waals surface area contributed by atoms with Crippen molar-refractivity contribution in [3.05, 3.63) is 0 Å². The first-order valence-corrected chi connectivity index (χ1v) is 6.95. The van der Waals surface area contributed by atoms with Crippen molar-refractivity contribution in [3.8, 4) is 0 Å². The van der Waals surface area contributed by atoms with Gasteiger partial charge in [0.05, 0.1) is 6.10 Å². The summed E-state index contributed by atoms with van der Waals surface area (Å²) in [7, 11) is 0. The molecule has 2 rings (SSSR count). The lowest BCUT2D eigenvalue weighted by atomic mass is 9.81. The number of aliphatic hydroxyl groups is 1. The molecule has 3 unspecified atom stereocenters. The fourth-order valence-electron chi connectivity index (χ4n) is 3.41. The molecule has 3 atom stereocenters. The summed E-state index contributed by atoms with van der Waals surface area (Å²) in [6, 6.07) is 0. The molecule has 0 bridgehead atoms. The van der Waals surface area contributed by atoms with Crippen molar-refractivity contribution in [1.29, 1.82) is 0 Å². The molecule has 3 nitrogen and oxygen atoms in total. The molecule has 2 saturated carbocycles. The van der Waals surface area contributed by atoms with Gasteiger partial charge in [0.1, 0.15) is 0 Å². The average molecular weight is 239 g/mol. The van der Waals surface area contributed by atoms with Gasteiger partial charge in [-0.1, -0.05) is 20.3 Å². The number of aliphatic hydroxyl groups excluding tert-OH is 1. The second-order valence-electron chi connectivity index (χ2n) is 6.51. The van der Waals surface area contributed by atoms with E-state index in [2.05, 4.69) is 19.2 Å². The normalized spacial score (nSPS) is 36.1. The Bertz CT molecular complexity index is 288. The standard InChI is InChI=1S/C14H25NO2/c1-14(2)7-3-4-12(14)13(17)15-9-10-5-6-11(16)8-10/h10-12,16H,3-9H2,1-2H3,(H,15,17). The molecule has 0 spiro atoms. The maximum Gasteiger partial charge on any atom is 0.223 e. The lowest BCUT2D eigenvalue weighted by Crippen LogP contribution is -2.38. The van der Waals surface area contributed by atoms with Gasteiger partial charge in [0.15, 0.2) is 0 Å². The molecule has 2 N–H and O–H groups in total. The van der Waals surface area contributed by atoms with Gasteiger partial charge in [0.25, 0.3) is 0 Å². The average Bonchev–Trinajstić information content (AvgIpc) is 2.81. The maximum absolute atomic E-state index is 12.1. The van der Waals surface area contributed by atoms with Crippen molar-refractivity contribution in [2.75, 3.05) is 6.54 Å². The lowest BCUT2D eigenvalue weighted by molar-refractivity contribution is -0.127. The summed E-state index contributed by atoms with van der Waals surface area (Å²) in [4.78, 5) is 12.1. The van der Waals surface area contributed by atoms with Crippen LogP contribution in [0.5, 0.6) is 0 Å². The quantitative estimate of drug-likeness (QED) is 0.792. The summed E-state index contributed by atoms with van der Waals surface area (Å²) in [6.45, 7) is 5.15. The molecule has 0 saturated heterocycles. The highest BCUT2D eigenvalue weighted by atomic mass is 16.3. The zero-order valence-electron chi connectivity index (χ0n) is 11.0. The van der Waals surface area contributed by atoms with Crippen LogP contribution < -0.4 is 5.32 Å². The van der Waals surface area contributed by atoms with Crippen LogP contribution in [0.25, 0.3) is 0 Å². The monoisotopic (exact) mass is 239 g/mol. The van der Waals surface area contributed by atoms with Crippen LogP contribution in [0.1, 0.15) is 52.4 Å². The molecule has 98 valence electrons. The fourth-order valence-corrected chi connectivity index (χ4v) is 3.41. The highest BCUT2D eigenvalue weighted by Crippen LogP contribution is 2.42. The molecule has 0 heterocycles. The van der Waals surface area contributed by atoms with Gasteiger partial charge in [-0.3, -0.25) is 4.79 Å². The van der Waals surface area contributed by atoms with E-state index >= 15 is 0 Å². The maximum atomic E-state index is 12.1. The number of nitrogens with one attached hydrogen (secondary N) is 1. The van der Waals surface area contributed by atoms with Crippen molar-refractivity contribution in [2.24, 2.45) is 17.3 Å². The second-order valence-corrected chi connectivity index (χ2v) is 6.51. The van der Waals surface area contributed by atoms with Crippen molar-refractivity contribution in [3.63, 3.8) is 0 Å². The number of carbonyl (C=O) groups is 1.